The highest BCUT2D eigenvalue weighted by molar-refractivity contribution is 5.75. The summed E-state index contributed by atoms with van der Waals surface area (Å²) in [5.41, 5.74) is 0. The Hall–Kier alpha value is -0.810. The average Bonchev–Trinajstić information content (AvgIpc) is 2.19. The molecule has 13 heavy (non-hydrogen) atoms. The van der Waals surface area contributed by atoms with Crippen molar-refractivity contribution in [3.05, 3.63) is 0 Å². The summed E-state index contributed by atoms with van der Waals surface area (Å²) in [5.74, 6) is 0.383. The van der Waals surface area contributed by atoms with E-state index in [0.29, 0.717) is 5.96 Å². The molecular weight excluding hydrogens is 168 g/mol. The lowest BCUT2D eigenvalue weighted by atomic mass is 10.4. The van der Waals surface area contributed by atoms with E-state index in [-0.39, 0.29) is 0 Å². The number of nitrogens with one attached hydrogen (secondary N) is 3. The van der Waals surface area contributed by atoms with Gasteiger partial charge in [-0.1, -0.05) is 0 Å². The van der Waals surface area contributed by atoms with Gasteiger partial charge in [-0.25, -0.2) is 0 Å². The van der Waals surface area contributed by atoms with E-state index in [0.717, 1.165) is 39.4 Å². The first-order chi connectivity index (χ1) is 6.33. The zero-order valence-corrected chi connectivity index (χ0v) is 8.10. The molecule has 1 rings (SSSR count). The second kappa shape index (κ2) is 5.77. The van der Waals surface area contributed by atoms with Crippen molar-refractivity contribution >= 4 is 5.96 Å². The molecule has 0 aromatic carbocycles. The molecule has 3 N–H and O–H groups in total. The van der Waals surface area contributed by atoms with E-state index in [1.165, 1.54) is 0 Å². The fourth-order valence-corrected chi connectivity index (χ4v) is 1.25. The molecule has 1 aliphatic heterocycles. The molecule has 76 valence electrons. The summed E-state index contributed by atoms with van der Waals surface area (Å²) in [5, 5.41) is 13.0. The van der Waals surface area contributed by atoms with Crippen LogP contribution in [-0.2, 0) is 4.74 Å². The molecule has 1 saturated heterocycles. The monoisotopic (exact) mass is 186 g/mol. The first kappa shape index (κ1) is 10.3. The van der Waals surface area contributed by atoms with Crippen molar-refractivity contribution in [3.8, 4) is 0 Å². The van der Waals surface area contributed by atoms with Gasteiger partial charge in [0, 0.05) is 33.2 Å². The lowest BCUT2D eigenvalue weighted by molar-refractivity contribution is 0.0389. The van der Waals surface area contributed by atoms with Crippen LogP contribution in [0.1, 0.15) is 0 Å². The van der Waals surface area contributed by atoms with Gasteiger partial charge in [0.1, 0.15) is 0 Å². The maximum absolute atomic E-state index is 7.29. The van der Waals surface area contributed by atoms with Crippen LogP contribution in [-0.4, -0.2) is 57.3 Å². The van der Waals surface area contributed by atoms with Gasteiger partial charge in [0.05, 0.1) is 13.2 Å². The molecule has 0 unspecified atom stereocenters. The normalized spacial score (nSPS) is 18.2. The van der Waals surface area contributed by atoms with Gasteiger partial charge < -0.3 is 15.4 Å². The summed E-state index contributed by atoms with van der Waals surface area (Å²) in [6.45, 7) is 5.49. The highest BCUT2D eigenvalue weighted by Gasteiger charge is 2.08. The highest BCUT2D eigenvalue weighted by Crippen LogP contribution is 1.94. The summed E-state index contributed by atoms with van der Waals surface area (Å²) < 4.78 is 5.23. The molecule has 1 aliphatic rings. The molecule has 0 amide bonds. The number of rotatable bonds is 3. The van der Waals surface area contributed by atoms with Crippen molar-refractivity contribution in [1.82, 2.24) is 15.5 Å². The molecule has 1 heterocycles. The van der Waals surface area contributed by atoms with Gasteiger partial charge in [-0.15, -0.1) is 0 Å². The van der Waals surface area contributed by atoms with E-state index < -0.39 is 0 Å². The number of hydrogen-bond acceptors (Lipinski definition) is 3. The molecular formula is C8H18N4O. The van der Waals surface area contributed by atoms with Crippen LogP contribution in [0.2, 0.25) is 0 Å². The Bertz CT molecular complexity index is 156. The third-order valence-electron chi connectivity index (χ3n) is 2.08. The Balaban J connectivity index is 2.01. The first-order valence-electron chi connectivity index (χ1n) is 4.63. The molecule has 0 aromatic heterocycles. The zero-order valence-electron chi connectivity index (χ0n) is 8.10. The fraction of sp³-hybridized carbons (Fsp3) is 0.875. The summed E-state index contributed by atoms with van der Waals surface area (Å²) in [6.07, 6.45) is 0. The Morgan fingerprint density at radius 1 is 1.46 bits per heavy atom. The Kier molecular flexibility index (Phi) is 4.56. The Morgan fingerprint density at radius 3 is 2.77 bits per heavy atom. The number of nitrogens with zero attached hydrogens (tertiary/aromatic N) is 1. The molecule has 1 fully saturated rings. The predicted octanol–water partition coefficient (Wildman–Crippen LogP) is -0.938. The quantitative estimate of drug-likeness (QED) is 0.393. The van der Waals surface area contributed by atoms with Crippen LogP contribution < -0.4 is 10.6 Å². The zero-order chi connectivity index (χ0) is 9.52. The van der Waals surface area contributed by atoms with Gasteiger partial charge in [-0.05, 0) is 0 Å². The maximum atomic E-state index is 7.29. The summed E-state index contributed by atoms with van der Waals surface area (Å²) in [6, 6.07) is 0. The third kappa shape index (κ3) is 4.10. The minimum atomic E-state index is 0.383. The van der Waals surface area contributed by atoms with Crippen LogP contribution in [0, 0.1) is 5.41 Å². The Labute approximate surface area is 78.9 Å². The molecule has 0 aromatic rings. The van der Waals surface area contributed by atoms with Crippen molar-refractivity contribution in [2.75, 3.05) is 46.4 Å². The second-order valence-electron chi connectivity index (χ2n) is 3.01. The minimum absolute atomic E-state index is 0.383. The van der Waals surface area contributed by atoms with Crippen LogP contribution >= 0.6 is 0 Å². The van der Waals surface area contributed by atoms with Crippen molar-refractivity contribution in [2.45, 2.75) is 0 Å². The number of morpholine rings is 1. The summed E-state index contributed by atoms with van der Waals surface area (Å²) in [4.78, 5) is 2.33. The van der Waals surface area contributed by atoms with E-state index in [4.69, 9.17) is 10.1 Å². The van der Waals surface area contributed by atoms with E-state index >= 15 is 0 Å². The Morgan fingerprint density at radius 2 is 2.15 bits per heavy atom. The molecule has 5 nitrogen and oxygen atoms in total. The predicted molar refractivity (Wildman–Crippen MR) is 52.0 cm³/mol. The lowest BCUT2D eigenvalue weighted by Crippen LogP contribution is -2.43. The molecule has 0 atom stereocenters. The fourth-order valence-electron chi connectivity index (χ4n) is 1.25. The van der Waals surface area contributed by atoms with E-state index in [2.05, 4.69) is 15.5 Å². The molecule has 0 bridgehead atoms. The average molecular weight is 186 g/mol. The molecule has 5 heteroatoms. The van der Waals surface area contributed by atoms with Crippen LogP contribution in [0.3, 0.4) is 0 Å². The van der Waals surface area contributed by atoms with Gasteiger partial charge >= 0.3 is 0 Å². The van der Waals surface area contributed by atoms with Gasteiger partial charge in [0.15, 0.2) is 5.96 Å². The van der Waals surface area contributed by atoms with Crippen LogP contribution in [0.15, 0.2) is 0 Å². The highest BCUT2D eigenvalue weighted by atomic mass is 16.5. The van der Waals surface area contributed by atoms with Crippen LogP contribution in [0.5, 0.6) is 0 Å². The summed E-state index contributed by atoms with van der Waals surface area (Å²) in [7, 11) is 1.74. The van der Waals surface area contributed by atoms with Crippen LogP contribution in [0.25, 0.3) is 0 Å². The SMILES string of the molecule is CNC(=N)NCCN1CCOCC1. The molecule has 0 aliphatic carbocycles. The number of ether oxygens (including phenoxy) is 1. The molecule has 0 spiro atoms. The van der Waals surface area contributed by atoms with E-state index in [1.54, 1.807) is 7.05 Å². The molecule has 0 radical (unpaired) electrons. The maximum Gasteiger partial charge on any atom is 0.188 e. The van der Waals surface area contributed by atoms with Gasteiger partial charge in [-0.2, -0.15) is 0 Å². The van der Waals surface area contributed by atoms with Gasteiger partial charge in [-0.3, -0.25) is 10.3 Å². The van der Waals surface area contributed by atoms with Crippen molar-refractivity contribution in [2.24, 2.45) is 0 Å². The largest absolute Gasteiger partial charge is 0.379 e. The standard InChI is InChI=1S/C8H18N4O/c1-10-8(9)11-2-3-12-4-6-13-7-5-12/h2-7H2,1H3,(H3,9,10,11). The lowest BCUT2D eigenvalue weighted by Gasteiger charge is -2.26. The smallest absolute Gasteiger partial charge is 0.188 e. The minimum Gasteiger partial charge on any atom is -0.379 e. The molecule has 0 saturated carbocycles. The number of hydrogen-bond donors (Lipinski definition) is 3. The van der Waals surface area contributed by atoms with E-state index in [9.17, 15) is 0 Å². The van der Waals surface area contributed by atoms with E-state index in [1.807, 2.05) is 0 Å². The van der Waals surface area contributed by atoms with Crippen molar-refractivity contribution in [1.29, 1.82) is 5.41 Å². The van der Waals surface area contributed by atoms with Gasteiger partial charge in [0.2, 0.25) is 0 Å². The third-order valence-corrected chi connectivity index (χ3v) is 2.08. The summed E-state index contributed by atoms with van der Waals surface area (Å²) >= 11 is 0. The number of guanidine groups is 1. The topological polar surface area (TPSA) is 60.4 Å². The van der Waals surface area contributed by atoms with Gasteiger partial charge in [0.25, 0.3) is 0 Å². The first-order valence-corrected chi connectivity index (χ1v) is 4.63. The van der Waals surface area contributed by atoms with Crippen LogP contribution in [0.4, 0.5) is 0 Å². The second-order valence-corrected chi connectivity index (χ2v) is 3.01. The van der Waals surface area contributed by atoms with Crippen molar-refractivity contribution in [3.63, 3.8) is 0 Å². The van der Waals surface area contributed by atoms with Crippen molar-refractivity contribution < 1.29 is 4.74 Å².